The van der Waals surface area contributed by atoms with E-state index in [9.17, 15) is 0 Å². The van der Waals surface area contributed by atoms with Crippen LogP contribution in [0.25, 0.3) is 0 Å². The topological polar surface area (TPSA) is 78.0 Å². The average molecular weight is 312 g/mol. The lowest BCUT2D eigenvalue weighted by Gasteiger charge is -2.24. The number of aromatic nitrogens is 1. The molecule has 1 fully saturated rings. The summed E-state index contributed by atoms with van der Waals surface area (Å²) >= 11 is 11.4. The number of hydrogen-bond donors (Lipinski definition) is 3. The van der Waals surface area contributed by atoms with E-state index < -0.39 is 0 Å². The van der Waals surface area contributed by atoms with Crippen LogP contribution in [0.2, 0.25) is 5.02 Å². The van der Waals surface area contributed by atoms with E-state index in [1.54, 1.807) is 23.2 Å². The van der Waals surface area contributed by atoms with Gasteiger partial charge < -0.3 is 11.1 Å². The molecule has 7 heteroatoms. The molecule has 0 unspecified atom stereocenters. The lowest BCUT2D eigenvalue weighted by Crippen LogP contribution is -2.48. The van der Waals surface area contributed by atoms with Crippen LogP contribution < -0.4 is 11.1 Å². The summed E-state index contributed by atoms with van der Waals surface area (Å²) < 4.78 is 0. The van der Waals surface area contributed by atoms with Gasteiger partial charge in [-0.05, 0) is 43.1 Å². The first kappa shape index (κ1) is 15.0. The van der Waals surface area contributed by atoms with Gasteiger partial charge >= 0.3 is 0 Å². The van der Waals surface area contributed by atoms with E-state index in [-0.39, 0.29) is 5.96 Å². The zero-order valence-electron chi connectivity index (χ0n) is 11.1. The highest BCUT2D eigenvalue weighted by molar-refractivity contribution is 7.80. The second kappa shape index (κ2) is 6.85. The van der Waals surface area contributed by atoms with Crippen LogP contribution in [-0.4, -0.2) is 34.0 Å². The molecule has 20 heavy (non-hydrogen) atoms. The van der Waals surface area contributed by atoms with E-state index in [0.717, 1.165) is 12.2 Å². The van der Waals surface area contributed by atoms with Crippen molar-refractivity contribution in [3.05, 3.63) is 29.0 Å². The van der Waals surface area contributed by atoms with Crippen LogP contribution in [0.15, 0.2) is 18.3 Å². The number of rotatable bonds is 5. The molecule has 1 aliphatic carbocycles. The number of halogens is 1. The molecule has 2 rings (SSSR count). The van der Waals surface area contributed by atoms with E-state index in [0.29, 0.717) is 29.0 Å². The van der Waals surface area contributed by atoms with Gasteiger partial charge in [0.1, 0.15) is 0 Å². The molecular weight excluding hydrogens is 294 g/mol. The second-order valence-corrected chi connectivity index (χ2v) is 5.64. The Hall–Kier alpha value is -1.40. The minimum atomic E-state index is -0.0645. The van der Waals surface area contributed by atoms with E-state index in [4.69, 9.17) is 35.0 Å². The molecule has 4 N–H and O–H groups in total. The molecule has 1 aliphatic rings. The largest absolute Gasteiger partial charge is 0.370 e. The molecule has 5 nitrogen and oxygen atoms in total. The Kier molecular flexibility index (Phi) is 5.14. The number of nitrogens with one attached hydrogen (secondary N) is 2. The number of hydrogen-bond acceptors (Lipinski definition) is 3. The third kappa shape index (κ3) is 4.31. The fourth-order valence-corrected chi connectivity index (χ4v) is 2.29. The average Bonchev–Trinajstić information content (AvgIpc) is 3.22. The van der Waals surface area contributed by atoms with Gasteiger partial charge in [-0.25, -0.2) is 0 Å². The Bertz CT molecular complexity index is 503. The smallest absolute Gasteiger partial charge is 0.194 e. The van der Waals surface area contributed by atoms with Crippen molar-refractivity contribution in [2.45, 2.75) is 19.3 Å². The fourth-order valence-electron chi connectivity index (χ4n) is 1.80. The van der Waals surface area contributed by atoms with Crippen molar-refractivity contribution in [3.63, 3.8) is 0 Å². The van der Waals surface area contributed by atoms with Crippen molar-refractivity contribution in [1.82, 2.24) is 15.2 Å². The maximum absolute atomic E-state index is 7.63. The Labute approximate surface area is 129 Å². The summed E-state index contributed by atoms with van der Waals surface area (Å²) in [4.78, 5) is 5.79. The summed E-state index contributed by atoms with van der Waals surface area (Å²) in [7, 11) is 0. The predicted molar refractivity (Wildman–Crippen MR) is 84.9 cm³/mol. The first-order valence-corrected chi connectivity index (χ1v) is 7.35. The van der Waals surface area contributed by atoms with Gasteiger partial charge in [-0.2, -0.15) is 0 Å². The molecule has 0 atom stereocenters. The predicted octanol–water partition coefficient (Wildman–Crippen LogP) is 1.76. The zero-order valence-corrected chi connectivity index (χ0v) is 12.7. The summed E-state index contributed by atoms with van der Waals surface area (Å²) in [6, 6.07) is 3.59. The molecule has 0 aliphatic heterocycles. The standard InChI is InChI=1S/C13H18ClN5S/c14-10-2-1-6-17-11(10)5-7-19(12(15)16)13(20)18-8-9-3-4-9/h1-2,6,9H,3-5,7-8H2,(H3,15,16)(H,18,20). The molecule has 1 heterocycles. The van der Waals surface area contributed by atoms with E-state index in [2.05, 4.69) is 10.3 Å². The minimum absolute atomic E-state index is 0.0645. The third-order valence-corrected chi connectivity index (χ3v) is 3.89. The van der Waals surface area contributed by atoms with Crippen LogP contribution in [-0.2, 0) is 6.42 Å². The van der Waals surface area contributed by atoms with Gasteiger partial charge in [0, 0.05) is 25.7 Å². The molecule has 0 spiro atoms. The van der Waals surface area contributed by atoms with Crippen LogP contribution in [0, 0.1) is 11.3 Å². The molecule has 0 aromatic carbocycles. The summed E-state index contributed by atoms with van der Waals surface area (Å²) in [5.74, 6) is 0.650. The molecular formula is C13H18ClN5S. The van der Waals surface area contributed by atoms with Gasteiger partial charge in [0.05, 0.1) is 10.7 Å². The van der Waals surface area contributed by atoms with Crippen LogP contribution in [0.3, 0.4) is 0 Å². The number of nitrogens with zero attached hydrogens (tertiary/aromatic N) is 2. The zero-order chi connectivity index (χ0) is 14.5. The minimum Gasteiger partial charge on any atom is -0.370 e. The first-order chi connectivity index (χ1) is 9.58. The lowest BCUT2D eigenvalue weighted by molar-refractivity contribution is 0.569. The van der Waals surface area contributed by atoms with Gasteiger partial charge in [-0.15, -0.1) is 0 Å². The molecule has 0 radical (unpaired) electrons. The van der Waals surface area contributed by atoms with E-state index >= 15 is 0 Å². The van der Waals surface area contributed by atoms with Crippen molar-refractivity contribution in [2.75, 3.05) is 13.1 Å². The highest BCUT2D eigenvalue weighted by atomic mass is 35.5. The Morgan fingerprint density at radius 1 is 1.60 bits per heavy atom. The molecule has 108 valence electrons. The van der Waals surface area contributed by atoms with Crippen molar-refractivity contribution in [2.24, 2.45) is 11.7 Å². The van der Waals surface area contributed by atoms with Crippen LogP contribution in [0.5, 0.6) is 0 Å². The molecule has 1 saturated carbocycles. The number of thiocarbonyl (C=S) groups is 1. The maximum Gasteiger partial charge on any atom is 0.194 e. The number of nitrogens with two attached hydrogens (primary N) is 1. The second-order valence-electron chi connectivity index (χ2n) is 4.85. The lowest BCUT2D eigenvalue weighted by atomic mass is 10.2. The van der Waals surface area contributed by atoms with Gasteiger partial charge in [0.15, 0.2) is 11.1 Å². The summed E-state index contributed by atoms with van der Waals surface area (Å²) in [6.45, 7) is 1.34. The summed E-state index contributed by atoms with van der Waals surface area (Å²) in [6.07, 6.45) is 4.78. The monoisotopic (exact) mass is 311 g/mol. The normalized spacial score (nSPS) is 13.8. The molecule has 1 aromatic rings. The van der Waals surface area contributed by atoms with Crippen molar-refractivity contribution >= 4 is 34.9 Å². The van der Waals surface area contributed by atoms with Crippen molar-refractivity contribution in [1.29, 1.82) is 5.41 Å². The highest BCUT2D eigenvalue weighted by Gasteiger charge is 2.22. The Balaban J connectivity index is 1.89. The molecule has 1 aromatic heterocycles. The van der Waals surface area contributed by atoms with E-state index in [1.165, 1.54) is 12.8 Å². The van der Waals surface area contributed by atoms with Crippen molar-refractivity contribution in [3.8, 4) is 0 Å². The van der Waals surface area contributed by atoms with Crippen molar-refractivity contribution < 1.29 is 0 Å². The maximum atomic E-state index is 7.63. The molecule has 0 bridgehead atoms. The van der Waals surface area contributed by atoms with Crippen LogP contribution >= 0.6 is 23.8 Å². The Morgan fingerprint density at radius 3 is 2.95 bits per heavy atom. The van der Waals surface area contributed by atoms with Gasteiger partial charge in [0.25, 0.3) is 0 Å². The quantitative estimate of drug-likeness (QED) is 0.439. The fraction of sp³-hybridized carbons (Fsp3) is 0.462. The molecule has 0 amide bonds. The first-order valence-electron chi connectivity index (χ1n) is 6.56. The summed E-state index contributed by atoms with van der Waals surface area (Å²) in [5, 5.41) is 11.9. The number of guanidine groups is 1. The van der Waals surface area contributed by atoms with Gasteiger partial charge in [-0.3, -0.25) is 15.3 Å². The number of pyridine rings is 1. The van der Waals surface area contributed by atoms with Gasteiger partial charge in [0.2, 0.25) is 0 Å². The van der Waals surface area contributed by atoms with Gasteiger partial charge in [-0.1, -0.05) is 11.6 Å². The van der Waals surface area contributed by atoms with E-state index in [1.807, 2.05) is 0 Å². The van der Waals surface area contributed by atoms with Crippen LogP contribution in [0.1, 0.15) is 18.5 Å². The summed E-state index contributed by atoms with van der Waals surface area (Å²) in [5.41, 5.74) is 6.37. The SMILES string of the molecule is N=C(N)N(CCc1ncccc1Cl)C(=S)NCC1CC1. The highest BCUT2D eigenvalue weighted by Crippen LogP contribution is 2.27. The Morgan fingerprint density at radius 2 is 2.35 bits per heavy atom. The molecule has 0 saturated heterocycles. The third-order valence-electron chi connectivity index (χ3n) is 3.18. The van der Waals surface area contributed by atoms with Crippen LogP contribution in [0.4, 0.5) is 0 Å².